The van der Waals surface area contributed by atoms with Crippen LogP contribution in [-0.2, 0) is 17.3 Å². The normalized spacial score (nSPS) is 13.4. The van der Waals surface area contributed by atoms with E-state index in [4.69, 9.17) is 0 Å². The van der Waals surface area contributed by atoms with E-state index in [1.54, 1.807) is 0 Å². The topological polar surface area (TPSA) is 32.3 Å². The zero-order valence-electron chi connectivity index (χ0n) is 16.7. The second-order valence-electron chi connectivity index (χ2n) is 9.45. The summed E-state index contributed by atoms with van der Waals surface area (Å²) in [5.41, 5.74) is 3.45. The molecule has 1 aromatic carbocycles. The van der Waals surface area contributed by atoms with Crippen molar-refractivity contribution in [3.05, 3.63) is 28.8 Å². The third-order valence-electron chi connectivity index (χ3n) is 4.48. The van der Waals surface area contributed by atoms with Gasteiger partial charge in [-0.2, -0.15) is 0 Å². The van der Waals surface area contributed by atoms with E-state index in [1.165, 1.54) is 5.56 Å². The molecule has 2 heteroatoms. The van der Waals surface area contributed by atoms with Crippen LogP contribution in [0.25, 0.3) is 0 Å². The fourth-order valence-corrected chi connectivity index (χ4v) is 3.01. The quantitative estimate of drug-likeness (QED) is 0.771. The Balaban J connectivity index is 3.24. The molecule has 1 rings (SSSR count). The Hall–Kier alpha value is -1.02. The minimum absolute atomic E-state index is 0.0583. The van der Waals surface area contributed by atoms with Gasteiger partial charge in [0.25, 0.3) is 0 Å². The van der Waals surface area contributed by atoms with Gasteiger partial charge in [0.05, 0.1) is 0 Å². The summed E-state index contributed by atoms with van der Waals surface area (Å²) in [5.74, 6) is 0.472. The van der Waals surface area contributed by atoms with E-state index >= 15 is 0 Å². The first-order valence-corrected chi connectivity index (χ1v) is 8.90. The largest absolute Gasteiger partial charge is 0.507 e. The van der Waals surface area contributed by atoms with Crippen molar-refractivity contribution in [1.82, 2.24) is 5.32 Å². The van der Waals surface area contributed by atoms with Crippen LogP contribution < -0.4 is 5.32 Å². The van der Waals surface area contributed by atoms with E-state index in [2.05, 4.69) is 79.8 Å². The van der Waals surface area contributed by atoms with E-state index in [1.807, 2.05) is 0 Å². The maximum Gasteiger partial charge on any atom is 0.123 e. The van der Waals surface area contributed by atoms with Crippen LogP contribution in [0, 0.1) is 0 Å². The molecular weight excluding hydrogens is 282 g/mol. The predicted molar refractivity (Wildman–Crippen MR) is 102 cm³/mol. The van der Waals surface area contributed by atoms with E-state index in [9.17, 15) is 5.11 Å². The number of aromatic hydroxyl groups is 1. The second kappa shape index (κ2) is 6.84. The molecule has 2 N–H and O–H groups in total. The Morgan fingerprint density at radius 2 is 1.30 bits per heavy atom. The second-order valence-corrected chi connectivity index (χ2v) is 9.45. The molecule has 0 heterocycles. The molecular formula is C21H37NO. The van der Waals surface area contributed by atoms with Crippen molar-refractivity contribution in [3.63, 3.8) is 0 Å². The number of phenolic OH excluding ortho intramolecular Hbond substituents is 1. The van der Waals surface area contributed by atoms with Gasteiger partial charge in [0.2, 0.25) is 0 Å². The maximum atomic E-state index is 10.8. The molecule has 23 heavy (non-hydrogen) atoms. The summed E-state index contributed by atoms with van der Waals surface area (Å²) in [7, 11) is 0. The Morgan fingerprint density at radius 1 is 0.870 bits per heavy atom. The lowest BCUT2D eigenvalue weighted by atomic mass is 9.77. The maximum absolute atomic E-state index is 10.8. The van der Waals surface area contributed by atoms with Crippen LogP contribution >= 0.6 is 0 Å². The molecule has 0 aliphatic heterocycles. The monoisotopic (exact) mass is 319 g/mol. The van der Waals surface area contributed by atoms with Gasteiger partial charge in [0, 0.05) is 5.54 Å². The molecule has 0 unspecified atom stereocenters. The molecule has 0 fully saturated rings. The van der Waals surface area contributed by atoms with Gasteiger partial charge in [-0.3, -0.25) is 0 Å². The molecule has 0 aliphatic carbocycles. The summed E-state index contributed by atoms with van der Waals surface area (Å²) in [6.07, 6.45) is 2.10. The van der Waals surface area contributed by atoms with Crippen LogP contribution in [0.2, 0.25) is 0 Å². The Labute approximate surface area is 143 Å². The number of rotatable bonds is 5. The highest BCUT2D eigenvalue weighted by Gasteiger charge is 2.27. The molecule has 1 aromatic rings. The average Bonchev–Trinajstić information content (AvgIpc) is 2.34. The molecule has 132 valence electrons. The predicted octanol–water partition coefficient (Wildman–Crippen LogP) is 5.31. The number of aryl methyl sites for hydroxylation is 1. The highest BCUT2D eigenvalue weighted by Crippen LogP contribution is 2.40. The minimum atomic E-state index is -0.0583. The fourth-order valence-electron chi connectivity index (χ4n) is 3.01. The van der Waals surface area contributed by atoms with Crippen LogP contribution in [0.3, 0.4) is 0 Å². The minimum Gasteiger partial charge on any atom is -0.507 e. The molecule has 0 radical (unpaired) electrons. The van der Waals surface area contributed by atoms with Gasteiger partial charge < -0.3 is 10.4 Å². The summed E-state index contributed by atoms with van der Waals surface area (Å²) in [6, 6.07) is 4.40. The highest BCUT2D eigenvalue weighted by atomic mass is 16.3. The molecule has 0 bridgehead atoms. The van der Waals surface area contributed by atoms with E-state index < -0.39 is 0 Å². The van der Waals surface area contributed by atoms with Crippen molar-refractivity contribution >= 4 is 0 Å². The molecule has 0 amide bonds. The molecule has 0 spiro atoms. The zero-order valence-corrected chi connectivity index (χ0v) is 16.7. The molecule has 2 nitrogen and oxygen atoms in total. The smallest absolute Gasteiger partial charge is 0.123 e. The summed E-state index contributed by atoms with van der Waals surface area (Å²) in [6.45, 7) is 20.7. The first kappa shape index (κ1) is 20.0. The van der Waals surface area contributed by atoms with Gasteiger partial charge in [0.1, 0.15) is 5.75 Å². The van der Waals surface area contributed by atoms with E-state index in [0.29, 0.717) is 5.75 Å². The standard InChI is InChI=1S/C21H37NO/c1-10-22-21(8,9)12-11-15-13-16(19(2,3)4)18(23)17(14-15)20(5,6)7/h13-14,22-23H,10-12H2,1-9H3. The lowest BCUT2D eigenvalue weighted by Gasteiger charge is -2.29. The third kappa shape index (κ3) is 5.53. The molecule has 0 aliphatic rings. The van der Waals surface area contributed by atoms with Crippen molar-refractivity contribution < 1.29 is 5.11 Å². The van der Waals surface area contributed by atoms with Crippen molar-refractivity contribution in [1.29, 1.82) is 0 Å². The van der Waals surface area contributed by atoms with Crippen molar-refractivity contribution in [3.8, 4) is 5.75 Å². The van der Waals surface area contributed by atoms with Crippen LogP contribution in [0.5, 0.6) is 5.75 Å². The van der Waals surface area contributed by atoms with Gasteiger partial charge in [-0.05, 0) is 60.8 Å². The van der Waals surface area contributed by atoms with Crippen LogP contribution in [0.1, 0.15) is 85.4 Å². The van der Waals surface area contributed by atoms with Crippen LogP contribution in [-0.4, -0.2) is 17.2 Å². The summed E-state index contributed by atoms with van der Waals surface area (Å²) < 4.78 is 0. The van der Waals surface area contributed by atoms with Gasteiger partial charge in [0.15, 0.2) is 0 Å². The number of hydrogen-bond acceptors (Lipinski definition) is 2. The third-order valence-corrected chi connectivity index (χ3v) is 4.48. The van der Waals surface area contributed by atoms with Crippen molar-refractivity contribution in [2.24, 2.45) is 0 Å². The molecule has 0 saturated heterocycles. The summed E-state index contributed by atoms with van der Waals surface area (Å²) in [5, 5.41) is 14.3. The first-order valence-electron chi connectivity index (χ1n) is 8.90. The first-order chi connectivity index (χ1) is 10.3. The Bertz CT molecular complexity index is 495. The number of hydrogen-bond donors (Lipinski definition) is 2. The summed E-state index contributed by atoms with van der Waals surface area (Å²) in [4.78, 5) is 0. The van der Waals surface area contributed by atoms with Crippen LogP contribution in [0.4, 0.5) is 0 Å². The molecule has 0 atom stereocenters. The Morgan fingerprint density at radius 3 is 1.65 bits per heavy atom. The number of phenols is 1. The molecule has 0 aromatic heterocycles. The van der Waals surface area contributed by atoms with Crippen LogP contribution in [0.15, 0.2) is 12.1 Å². The molecule has 0 saturated carbocycles. The lowest BCUT2D eigenvalue weighted by Crippen LogP contribution is -2.39. The lowest BCUT2D eigenvalue weighted by molar-refractivity contribution is 0.371. The van der Waals surface area contributed by atoms with E-state index in [0.717, 1.165) is 30.5 Å². The van der Waals surface area contributed by atoms with E-state index in [-0.39, 0.29) is 16.4 Å². The van der Waals surface area contributed by atoms with Crippen molar-refractivity contribution in [2.45, 2.75) is 91.5 Å². The summed E-state index contributed by atoms with van der Waals surface area (Å²) >= 11 is 0. The Kier molecular flexibility index (Phi) is 5.96. The van der Waals surface area contributed by atoms with Gasteiger partial charge in [-0.1, -0.05) is 60.6 Å². The SMILES string of the molecule is CCNC(C)(C)CCc1cc(C(C)(C)C)c(O)c(C(C)(C)C)c1. The van der Waals surface area contributed by atoms with Crippen molar-refractivity contribution in [2.75, 3.05) is 6.54 Å². The zero-order chi connectivity index (χ0) is 18.1. The van der Waals surface area contributed by atoms with Gasteiger partial charge >= 0.3 is 0 Å². The number of benzene rings is 1. The fraction of sp³-hybridized carbons (Fsp3) is 0.714. The number of nitrogens with one attached hydrogen (secondary N) is 1. The van der Waals surface area contributed by atoms with Gasteiger partial charge in [-0.15, -0.1) is 0 Å². The van der Waals surface area contributed by atoms with Gasteiger partial charge in [-0.25, -0.2) is 0 Å². The highest BCUT2D eigenvalue weighted by molar-refractivity contribution is 5.49. The average molecular weight is 320 g/mol.